The lowest BCUT2D eigenvalue weighted by atomic mass is 10.1. The molecule has 1 heterocycles. The van der Waals surface area contributed by atoms with E-state index in [-0.39, 0.29) is 12.1 Å². The van der Waals surface area contributed by atoms with Crippen LogP contribution in [0.1, 0.15) is 29.7 Å². The second-order valence-electron chi connectivity index (χ2n) is 4.83. The number of halogens is 1. The standard InChI is InChI=1S/C15H18ClNOS/c1-9-6-13(7-10(2)14(9)16)18-15(11(3)17)12-4-5-19-8-12/h4-8,11,15H,17H2,1-3H3. The van der Waals surface area contributed by atoms with Crippen molar-refractivity contribution in [2.24, 2.45) is 5.73 Å². The van der Waals surface area contributed by atoms with Gasteiger partial charge in [-0.2, -0.15) is 11.3 Å². The summed E-state index contributed by atoms with van der Waals surface area (Å²) >= 11 is 7.82. The lowest BCUT2D eigenvalue weighted by Crippen LogP contribution is -2.28. The van der Waals surface area contributed by atoms with Crippen LogP contribution < -0.4 is 10.5 Å². The molecule has 0 aliphatic carbocycles. The molecule has 2 aromatic rings. The Bertz CT molecular complexity index is 528. The molecule has 0 amide bonds. The van der Waals surface area contributed by atoms with E-state index < -0.39 is 0 Å². The molecule has 0 saturated heterocycles. The average Bonchev–Trinajstić information content (AvgIpc) is 2.86. The van der Waals surface area contributed by atoms with Gasteiger partial charge in [-0.25, -0.2) is 0 Å². The molecule has 0 radical (unpaired) electrons. The van der Waals surface area contributed by atoms with E-state index in [0.717, 1.165) is 27.5 Å². The molecule has 0 spiro atoms. The number of hydrogen-bond donors (Lipinski definition) is 1. The number of ether oxygens (including phenoxy) is 1. The second-order valence-corrected chi connectivity index (χ2v) is 5.98. The van der Waals surface area contributed by atoms with E-state index in [1.54, 1.807) is 11.3 Å². The zero-order valence-corrected chi connectivity index (χ0v) is 12.9. The molecule has 1 aromatic carbocycles. The van der Waals surface area contributed by atoms with Crippen molar-refractivity contribution < 1.29 is 4.74 Å². The highest BCUT2D eigenvalue weighted by Crippen LogP contribution is 2.30. The monoisotopic (exact) mass is 295 g/mol. The van der Waals surface area contributed by atoms with E-state index in [0.29, 0.717) is 0 Å². The Labute approximate surface area is 123 Å². The van der Waals surface area contributed by atoms with Gasteiger partial charge in [-0.3, -0.25) is 0 Å². The molecule has 102 valence electrons. The van der Waals surface area contributed by atoms with Crippen molar-refractivity contribution in [1.82, 2.24) is 0 Å². The summed E-state index contributed by atoms with van der Waals surface area (Å²) in [6.07, 6.45) is -0.133. The zero-order valence-electron chi connectivity index (χ0n) is 11.3. The van der Waals surface area contributed by atoms with Gasteiger partial charge in [0.1, 0.15) is 11.9 Å². The largest absolute Gasteiger partial charge is 0.484 e. The maximum atomic E-state index is 6.17. The molecule has 2 unspecified atom stereocenters. The summed E-state index contributed by atoms with van der Waals surface area (Å²) in [5.74, 6) is 0.813. The van der Waals surface area contributed by atoms with Gasteiger partial charge in [-0.1, -0.05) is 11.6 Å². The lowest BCUT2D eigenvalue weighted by Gasteiger charge is -2.22. The van der Waals surface area contributed by atoms with Crippen LogP contribution in [0.4, 0.5) is 0 Å². The smallest absolute Gasteiger partial charge is 0.139 e. The van der Waals surface area contributed by atoms with Gasteiger partial charge in [0.25, 0.3) is 0 Å². The minimum atomic E-state index is -0.133. The Balaban J connectivity index is 2.28. The molecule has 0 saturated carbocycles. The molecular formula is C15H18ClNOS. The minimum absolute atomic E-state index is 0.0779. The Kier molecular flexibility index (Phi) is 4.50. The van der Waals surface area contributed by atoms with Crippen LogP contribution in [0.3, 0.4) is 0 Å². The first-order chi connectivity index (χ1) is 8.99. The van der Waals surface area contributed by atoms with Crippen molar-refractivity contribution in [2.45, 2.75) is 32.9 Å². The third-order valence-electron chi connectivity index (χ3n) is 3.02. The van der Waals surface area contributed by atoms with Crippen LogP contribution in [0.5, 0.6) is 5.75 Å². The van der Waals surface area contributed by atoms with Gasteiger partial charge < -0.3 is 10.5 Å². The maximum absolute atomic E-state index is 6.17. The quantitative estimate of drug-likeness (QED) is 0.902. The predicted molar refractivity (Wildman–Crippen MR) is 82.3 cm³/mol. The normalized spacial score (nSPS) is 14.2. The fourth-order valence-electron chi connectivity index (χ4n) is 2.04. The van der Waals surface area contributed by atoms with Gasteiger partial charge in [0.2, 0.25) is 0 Å². The summed E-state index contributed by atoms with van der Waals surface area (Å²) in [4.78, 5) is 0. The summed E-state index contributed by atoms with van der Waals surface area (Å²) in [7, 11) is 0. The molecule has 0 aliphatic rings. The molecule has 4 heteroatoms. The van der Waals surface area contributed by atoms with Gasteiger partial charge in [0.05, 0.1) is 0 Å². The SMILES string of the molecule is Cc1cc(OC(c2ccsc2)C(C)N)cc(C)c1Cl. The van der Waals surface area contributed by atoms with E-state index in [4.69, 9.17) is 22.1 Å². The van der Waals surface area contributed by atoms with E-state index in [1.807, 2.05) is 44.4 Å². The highest BCUT2D eigenvalue weighted by atomic mass is 35.5. The van der Waals surface area contributed by atoms with Crippen LogP contribution in [-0.4, -0.2) is 6.04 Å². The fraction of sp³-hybridized carbons (Fsp3) is 0.333. The number of rotatable bonds is 4. The third-order valence-corrected chi connectivity index (χ3v) is 4.32. The van der Waals surface area contributed by atoms with Gasteiger partial charge in [-0.15, -0.1) is 0 Å². The van der Waals surface area contributed by atoms with Crippen LogP contribution in [-0.2, 0) is 0 Å². The number of benzene rings is 1. The fourth-order valence-corrected chi connectivity index (χ4v) is 2.83. The summed E-state index contributed by atoms with van der Waals surface area (Å²) < 4.78 is 6.06. The third kappa shape index (κ3) is 3.30. The van der Waals surface area contributed by atoms with E-state index in [1.165, 1.54) is 0 Å². The van der Waals surface area contributed by atoms with Crippen molar-refractivity contribution >= 4 is 22.9 Å². The van der Waals surface area contributed by atoms with Gasteiger partial charge in [-0.05, 0) is 60.9 Å². The highest BCUT2D eigenvalue weighted by Gasteiger charge is 2.19. The molecule has 0 bridgehead atoms. The van der Waals surface area contributed by atoms with Crippen molar-refractivity contribution in [3.63, 3.8) is 0 Å². The van der Waals surface area contributed by atoms with Crippen molar-refractivity contribution in [3.8, 4) is 5.75 Å². The summed E-state index contributed by atoms with van der Waals surface area (Å²) in [5, 5.41) is 4.90. The topological polar surface area (TPSA) is 35.2 Å². The minimum Gasteiger partial charge on any atom is -0.484 e. The molecule has 2 atom stereocenters. The van der Waals surface area contributed by atoms with Gasteiger partial charge >= 0.3 is 0 Å². The Morgan fingerprint density at radius 1 is 1.26 bits per heavy atom. The summed E-state index contributed by atoms with van der Waals surface area (Å²) in [6.45, 7) is 5.92. The Morgan fingerprint density at radius 3 is 2.37 bits per heavy atom. The zero-order chi connectivity index (χ0) is 14.0. The molecule has 0 aliphatic heterocycles. The van der Waals surface area contributed by atoms with Crippen LogP contribution >= 0.6 is 22.9 Å². The van der Waals surface area contributed by atoms with Crippen molar-refractivity contribution in [1.29, 1.82) is 0 Å². The molecule has 2 N–H and O–H groups in total. The van der Waals surface area contributed by atoms with Gasteiger partial charge in [0.15, 0.2) is 0 Å². The van der Waals surface area contributed by atoms with Crippen molar-refractivity contribution in [3.05, 3.63) is 50.7 Å². The van der Waals surface area contributed by atoms with Crippen LogP contribution in [0, 0.1) is 13.8 Å². The van der Waals surface area contributed by atoms with Gasteiger partial charge in [0, 0.05) is 16.6 Å². The van der Waals surface area contributed by atoms with Crippen LogP contribution in [0.15, 0.2) is 29.0 Å². The molecule has 2 nitrogen and oxygen atoms in total. The molecular weight excluding hydrogens is 278 g/mol. The van der Waals surface area contributed by atoms with Crippen molar-refractivity contribution in [2.75, 3.05) is 0 Å². The van der Waals surface area contributed by atoms with Crippen LogP contribution in [0.2, 0.25) is 5.02 Å². The predicted octanol–water partition coefficient (Wildman–Crippen LogP) is 4.49. The molecule has 19 heavy (non-hydrogen) atoms. The first-order valence-corrected chi connectivity index (χ1v) is 7.52. The average molecular weight is 296 g/mol. The summed E-state index contributed by atoms with van der Waals surface area (Å²) in [5.41, 5.74) is 9.19. The second kappa shape index (κ2) is 5.95. The Hall–Kier alpha value is -1.03. The molecule has 1 aromatic heterocycles. The highest BCUT2D eigenvalue weighted by molar-refractivity contribution is 7.07. The summed E-state index contributed by atoms with van der Waals surface area (Å²) in [6, 6.07) is 5.88. The molecule has 0 fully saturated rings. The number of nitrogens with two attached hydrogens (primary N) is 1. The first-order valence-electron chi connectivity index (χ1n) is 6.20. The molecule has 2 rings (SSSR count). The van der Waals surface area contributed by atoms with E-state index in [9.17, 15) is 0 Å². The number of aryl methyl sites for hydroxylation is 2. The number of hydrogen-bond acceptors (Lipinski definition) is 3. The van der Waals surface area contributed by atoms with Crippen LogP contribution in [0.25, 0.3) is 0 Å². The maximum Gasteiger partial charge on any atom is 0.139 e. The lowest BCUT2D eigenvalue weighted by molar-refractivity contribution is 0.181. The Morgan fingerprint density at radius 2 is 1.89 bits per heavy atom. The number of thiophene rings is 1. The van der Waals surface area contributed by atoms with E-state index >= 15 is 0 Å². The van der Waals surface area contributed by atoms with E-state index in [2.05, 4.69) is 5.38 Å². The first kappa shape index (κ1) is 14.4.